The molecule has 1 saturated carbocycles. The molecule has 21 heavy (non-hydrogen) atoms. The van der Waals surface area contributed by atoms with Crippen molar-refractivity contribution in [3.63, 3.8) is 0 Å². The minimum absolute atomic E-state index is 0.00403. The summed E-state index contributed by atoms with van der Waals surface area (Å²) in [6.07, 6.45) is 4.33. The molecule has 116 valence electrons. The lowest BCUT2D eigenvalue weighted by atomic mass is 9.92. The van der Waals surface area contributed by atoms with Gasteiger partial charge in [0.1, 0.15) is 5.76 Å². The first kappa shape index (κ1) is 15.5. The number of carboxylic acid groups (broad SMARTS) is 1. The molecule has 6 nitrogen and oxygen atoms in total. The van der Waals surface area contributed by atoms with E-state index in [0.29, 0.717) is 12.8 Å². The molecule has 1 aromatic heterocycles. The van der Waals surface area contributed by atoms with Gasteiger partial charge in [-0.1, -0.05) is 18.0 Å². The maximum Gasteiger partial charge on any atom is 0.305 e. The molecular weight excluding hydrogens is 272 g/mol. The van der Waals surface area contributed by atoms with Gasteiger partial charge in [-0.15, -0.1) is 0 Å². The minimum atomic E-state index is -0.858. The number of amides is 1. The maximum atomic E-state index is 12.1. The normalized spacial score (nSPS) is 16.9. The summed E-state index contributed by atoms with van der Waals surface area (Å²) in [5.41, 5.74) is 1.21. The molecule has 1 amide bonds. The second-order valence-corrected chi connectivity index (χ2v) is 5.91. The van der Waals surface area contributed by atoms with Crippen molar-refractivity contribution in [1.29, 1.82) is 0 Å². The third kappa shape index (κ3) is 3.83. The lowest BCUT2D eigenvalue weighted by Crippen LogP contribution is -2.47. The van der Waals surface area contributed by atoms with Gasteiger partial charge >= 0.3 is 5.97 Å². The average Bonchev–Trinajstić information content (AvgIpc) is 2.95. The van der Waals surface area contributed by atoms with Gasteiger partial charge in [-0.05, 0) is 33.1 Å². The molecule has 2 rings (SSSR count). The molecule has 0 radical (unpaired) electrons. The van der Waals surface area contributed by atoms with E-state index in [1.54, 1.807) is 0 Å². The summed E-state index contributed by atoms with van der Waals surface area (Å²) in [6.45, 7) is 3.68. The van der Waals surface area contributed by atoms with Crippen molar-refractivity contribution in [3.8, 4) is 0 Å². The number of hydrogen-bond donors (Lipinski definition) is 2. The fourth-order valence-corrected chi connectivity index (χ4v) is 3.14. The summed E-state index contributed by atoms with van der Waals surface area (Å²) in [5.74, 6) is -0.220. The molecule has 1 aromatic rings. The van der Waals surface area contributed by atoms with E-state index in [9.17, 15) is 9.59 Å². The topological polar surface area (TPSA) is 92.4 Å². The lowest BCUT2D eigenvalue weighted by molar-refractivity contribution is -0.139. The van der Waals surface area contributed by atoms with Gasteiger partial charge in [-0.25, -0.2) is 0 Å². The highest BCUT2D eigenvalue weighted by Crippen LogP contribution is 2.32. The number of hydrogen-bond acceptors (Lipinski definition) is 4. The van der Waals surface area contributed by atoms with Crippen LogP contribution in [0.3, 0.4) is 0 Å². The highest BCUT2D eigenvalue weighted by molar-refractivity contribution is 5.78. The molecule has 1 aliphatic carbocycles. The zero-order valence-electron chi connectivity index (χ0n) is 12.6. The van der Waals surface area contributed by atoms with Crippen molar-refractivity contribution in [2.24, 2.45) is 0 Å². The van der Waals surface area contributed by atoms with Crippen LogP contribution in [-0.4, -0.2) is 27.7 Å². The van der Waals surface area contributed by atoms with Gasteiger partial charge in [0.05, 0.1) is 17.7 Å². The molecule has 0 unspecified atom stereocenters. The molecular formula is C15H22N2O4. The van der Waals surface area contributed by atoms with Crippen LogP contribution < -0.4 is 5.32 Å². The SMILES string of the molecule is Cc1noc(C)c1CCC(=O)NC1(CC(=O)O)CCCC1. The van der Waals surface area contributed by atoms with Gasteiger partial charge in [0.2, 0.25) is 5.91 Å². The largest absolute Gasteiger partial charge is 0.481 e. The number of nitrogens with zero attached hydrogens (tertiary/aromatic N) is 1. The fraction of sp³-hybridized carbons (Fsp3) is 0.667. The van der Waals surface area contributed by atoms with Crippen LogP contribution in [-0.2, 0) is 16.0 Å². The van der Waals surface area contributed by atoms with Crippen LogP contribution in [0.5, 0.6) is 0 Å². The van der Waals surface area contributed by atoms with E-state index in [-0.39, 0.29) is 12.3 Å². The molecule has 0 saturated heterocycles. The first-order valence-electron chi connectivity index (χ1n) is 7.36. The molecule has 0 bridgehead atoms. The Morgan fingerprint density at radius 3 is 2.52 bits per heavy atom. The van der Waals surface area contributed by atoms with E-state index < -0.39 is 11.5 Å². The molecule has 1 heterocycles. The average molecular weight is 294 g/mol. The van der Waals surface area contributed by atoms with Crippen molar-refractivity contribution in [1.82, 2.24) is 10.5 Å². The number of nitrogens with one attached hydrogen (secondary N) is 1. The van der Waals surface area contributed by atoms with E-state index in [1.165, 1.54) is 0 Å². The fourth-order valence-electron chi connectivity index (χ4n) is 3.14. The van der Waals surface area contributed by atoms with Crippen LogP contribution in [0, 0.1) is 13.8 Å². The molecule has 2 N–H and O–H groups in total. The van der Waals surface area contributed by atoms with E-state index in [4.69, 9.17) is 9.63 Å². The summed E-state index contributed by atoms with van der Waals surface area (Å²) in [7, 11) is 0. The van der Waals surface area contributed by atoms with Crippen LogP contribution >= 0.6 is 0 Å². The number of carboxylic acids is 1. The zero-order valence-corrected chi connectivity index (χ0v) is 12.6. The van der Waals surface area contributed by atoms with Crippen molar-refractivity contribution < 1.29 is 19.2 Å². The van der Waals surface area contributed by atoms with Crippen molar-refractivity contribution in [2.75, 3.05) is 0 Å². The Morgan fingerprint density at radius 2 is 2.00 bits per heavy atom. The highest BCUT2D eigenvalue weighted by atomic mass is 16.5. The first-order valence-corrected chi connectivity index (χ1v) is 7.36. The number of carbonyl (C=O) groups is 2. The first-order chi connectivity index (χ1) is 9.92. The predicted molar refractivity (Wildman–Crippen MR) is 75.9 cm³/mol. The van der Waals surface area contributed by atoms with Crippen molar-refractivity contribution >= 4 is 11.9 Å². The molecule has 0 aliphatic heterocycles. The molecule has 6 heteroatoms. The summed E-state index contributed by atoms with van der Waals surface area (Å²) < 4.78 is 5.07. The number of rotatable bonds is 6. The maximum absolute atomic E-state index is 12.1. The Morgan fingerprint density at radius 1 is 1.33 bits per heavy atom. The molecule has 0 aromatic carbocycles. The monoisotopic (exact) mass is 294 g/mol. The Bertz CT molecular complexity index is 510. The third-order valence-corrected chi connectivity index (χ3v) is 4.24. The van der Waals surface area contributed by atoms with Crippen molar-refractivity contribution in [3.05, 3.63) is 17.0 Å². The van der Waals surface area contributed by atoms with Gasteiger partial charge < -0.3 is 14.9 Å². The number of aliphatic carboxylic acids is 1. The Hall–Kier alpha value is -1.85. The zero-order chi connectivity index (χ0) is 15.5. The Balaban J connectivity index is 1.92. The lowest BCUT2D eigenvalue weighted by Gasteiger charge is -2.28. The van der Waals surface area contributed by atoms with E-state index in [2.05, 4.69) is 10.5 Å². The standard InChI is InChI=1S/C15H22N2O4/c1-10-12(11(2)21-17-10)5-6-13(18)16-15(9-14(19)20)7-3-4-8-15/h3-9H2,1-2H3,(H,16,18)(H,19,20). The van der Waals surface area contributed by atoms with Gasteiger partial charge in [0.25, 0.3) is 0 Å². The van der Waals surface area contributed by atoms with Crippen LogP contribution in [0.25, 0.3) is 0 Å². The summed E-state index contributed by atoms with van der Waals surface area (Å²) >= 11 is 0. The predicted octanol–water partition coefficient (Wildman–Crippen LogP) is 2.13. The van der Waals surface area contributed by atoms with Crippen LogP contribution in [0.4, 0.5) is 0 Å². The van der Waals surface area contributed by atoms with E-state index in [1.807, 2.05) is 13.8 Å². The van der Waals surface area contributed by atoms with Gasteiger partial charge in [-0.3, -0.25) is 9.59 Å². The van der Waals surface area contributed by atoms with Gasteiger partial charge in [0, 0.05) is 12.0 Å². The Kier molecular flexibility index (Phi) is 4.65. The van der Waals surface area contributed by atoms with Crippen LogP contribution in [0.1, 0.15) is 55.5 Å². The smallest absolute Gasteiger partial charge is 0.305 e. The number of aromatic nitrogens is 1. The summed E-state index contributed by atoms with van der Waals surface area (Å²) in [6, 6.07) is 0. The second kappa shape index (κ2) is 6.28. The van der Waals surface area contributed by atoms with E-state index in [0.717, 1.165) is 42.7 Å². The molecule has 1 fully saturated rings. The minimum Gasteiger partial charge on any atom is -0.481 e. The van der Waals surface area contributed by atoms with E-state index >= 15 is 0 Å². The molecule has 1 aliphatic rings. The summed E-state index contributed by atoms with van der Waals surface area (Å²) in [5, 5.41) is 15.9. The number of carbonyl (C=O) groups excluding carboxylic acids is 1. The number of aryl methyl sites for hydroxylation is 2. The quantitative estimate of drug-likeness (QED) is 0.838. The summed E-state index contributed by atoms with van der Waals surface area (Å²) in [4.78, 5) is 23.2. The Labute approximate surface area is 123 Å². The van der Waals surface area contributed by atoms with Crippen LogP contribution in [0.2, 0.25) is 0 Å². The highest BCUT2D eigenvalue weighted by Gasteiger charge is 2.37. The van der Waals surface area contributed by atoms with Gasteiger partial charge in [0.15, 0.2) is 0 Å². The van der Waals surface area contributed by atoms with Crippen molar-refractivity contribution in [2.45, 2.75) is 64.3 Å². The second-order valence-electron chi connectivity index (χ2n) is 5.91. The van der Waals surface area contributed by atoms with Crippen LogP contribution in [0.15, 0.2) is 4.52 Å². The molecule has 0 atom stereocenters. The third-order valence-electron chi connectivity index (χ3n) is 4.24. The molecule has 0 spiro atoms. The van der Waals surface area contributed by atoms with Gasteiger partial charge in [-0.2, -0.15) is 0 Å².